The SMILES string of the molecule is CCCCNC(=O)C(Cc1ccccc1)N(Cc1ccccc1Cl)C(=O)CN1C(=O)c2ccccc2S1(=O)=O. The molecule has 3 aromatic carbocycles. The van der Waals surface area contributed by atoms with Crippen molar-refractivity contribution in [2.75, 3.05) is 13.1 Å². The number of benzene rings is 3. The van der Waals surface area contributed by atoms with Crippen LogP contribution in [0.15, 0.2) is 83.8 Å². The van der Waals surface area contributed by atoms with Crippen molar-refractivity contribution < 1.29 is 22.8 Å². The molecule has 0 aliphatic carbocycles. The van der Waals surface area contributed by atoms with Gasteiger partial charge in [0.05, 0.1) is 5.56 Å². The summed E-state index contributed by atoms with van der Waals surface area (Å²) < 4.78 is 26.9. The van der Waals surface area contributed by atoms with E-state index in [9.17, 15) is 22.8 Å². The second kappa shape index (κ2) is 12.4. The average Bonchev–Trinajstić information content (AvgIpc) is 3.12. The Kier molecular flexibility index (Phi) is 9.04. The normalized spacial score (nSPS) is 14.5. The van der Waals surface area contributed by atoms with Crippen LogP contribution in [0.25, 0.3) is 0 Å². The Balaban J connectivity index is 1.70. The topological polar surface area (TPSA) is 104 Å². The fourth-order valence-electron chi connectivity index (χ4n) is 4.47. The van der Waals surface area contributed by atoms with Crippen LogP contribution in [0.5, 0.6) is 0 Å². The Bertz CT molecular complexity index is 1460. The summed E-state index contributed by atoms with van der Waals surface area (Å²) >= 11 is 6.42. The molecule has 0 bridgehead atoms. The number of unbranched alkanes of at least 4 members (excludes halogenated alkanes) is 1. The number of hydrogen-bond acceptors (Lipinski definition) is 5. The third-order valence-corrected chi connectivity index (χ3v) is 8.75. The number of halogens is 1. The third kappa shape index (κ3) is 6.32. The average molecular weight is 568 g/mol. The maximum atomic E-state index is 13.9. The van der Waals surface area contributed by atoms with Gasteiger partial charge in [0, 0.05) is 24.5 Å². The molecule has 0 saturated carbocycles. The van der Waals surface area contributed by atoms with Gasteiger partial charge in [0.1, 0.15) is 17.5 Å². The molecular weight excluding hydrogens is 538 g/mol. The summed E-state index contributed by atoms with van der Waals surface area (Å²) in [6.45, 7) is 1.65. The van der Waals surface area contributed by atoms with Gasteiger partial charge in [-0.05, 0) is 35.7 Å². The molecule has 1 heterocycles. The first kappa shape index (κ1) is 28.3. The van der Waals surface area contributed by atoms with Crippen molar-refractivity contribution in [2.24, 2.45) is 0 Å². The van der Waals surface area contributed by atoms with E-state index in [0.29, 0.717) is 21.4 Å². The minimum absolute atomic E-state index is 0.0149. The highest BCUT2D eigenvalue weighted by atomic mass is 35.5. The predicted octanol–water partition coefficient (Wildman–Crippen LogP) is 4.04. The molecule has 39 heavy (non-hydrogen) atoms. The van der Waals surface area contributed by atoms with Crippen molar-refractivity contribution in [1.29, 1.82) is 0 Å². The first-order valence-corrected chi connectivity index (χ1v) is 14.6. The lowest BCUT2D eigenvalue weighted by molar-refractivity contribution is -0.141. The summed E-state index contributed by atoms with van der Waals surface area (Å²) in [5.41, 5.74) is 1.43. The molecule has 0 fully saturated rings. The van der Waals surface area contributed by atoms with Crippen molar-refractivity contribution in [1.82, 2.24) is 14.5 Å². The quantitative estimate of drug-likeness (QED) is 0.352. The lowest BCUT2D eigenvalue weighted by Crippen LogP contribution is -2.53. The second-order valence-corrected chi connectivity index (χ2v) is 11.5. The van der Waals surface area contributed by atoms with E-state index in [1.54, 1.807) is 30.3 Å². The third-order valence-electron chi connectivity index (χ3n) is 6.59. The van der Waals surface area contributed by atoms with Crippen molar-refractivity contribution in [3.05, 3.63) is 101 Å². The molecule has 3 amide bonds. The van der Waals surface area contributed by atoms with E-state index in [4.69, 9.17) is 11.6 Å². The van der Waals surface area contributed by atoms with E-state index in [-0.39, 0.29) is 29.3 Å². The number of rotatable bonds is 11. The Morgan fingerprint density at radius 1 is 0.974 bits per heavy atom. The van der Waals surface area contributed by atoms with Gasteiger partial charge in [0.2, 0.25) is 11.8 Å². The highest BCUT2D eigenvalue weighted by Crippen LogP contribution is 2.30. The molecule has 0 aromatic heterocycles. The molecule has 0 saturated heterocycles. The minimum Gasteiger partial charge on any atom is -0.354 e. The zero-order chi connectivity index (χ0) is 28.0. The van der Waals surface area contributed by atoms with Gasteiger partial charge >= 0.3 is 0 Å². The fraction of sp³-hybridized carbons (Fsp3) is 0.276. The van der Waals surface area contributed by atoms with Crippen LogP contribution in [-0.2, 0) is 32.6 Å². The molecule has 3 aromatic rings. The van der Waals surface area contributed by atoms with Crippen LogP contribution in [0.3, 0.4) is 0 Å². The van der Waals surface area contributed by atoms with Gasteiger partial charge in [-0.25, -0.2) is 12.7 Å². The van der Waals surface area contributed by atoms with Gasteiger partial charge in [0.25, 0.3) is 15.9 Å². The summed E-state index contributed by atoms with van der Waals surface area (Å²) in [4.78, 5) is 41.6. The molecule has 0 radical (unpaired) electrons. The largest absolute Gasteiger partial charge is 0.354 e. The highest BCUT2D eigenvalue weighted by molar-refractivity contribution is 7.90. The fourth-order valence-corrected chi connectivity index (χ4v) is 6.18. The molecule has 204 valence electrons. The number of carbonyl (C=O) groups is 3. The smallest absolute Gasteiger partial charge is 0.269 e. The van der Waals surface area contributed by atoms with Crippen molar-refractivity contribution in [2.45, 2.75) is 43.7 Å². The Hall–Kier alpha value is -3.69. The van der Waals surface area contributed by atoms with Crippen LogP contribution in [-0.4, -0.2) is 54.5 Å². The van der Waals surface area contributed by atoms with Crippen molar-refractivity contribution in [3.8, 4) is 0 Å². The van der Waals surface area contributed by atoms with E-state index in [0.717, 1.165) is 18.4 Å². The van der Waals surface area contributed by atoms with Gasteiger partial charge in [-0.15, -0.1) is 0 Å². The number of nitrogens with zero attached hydrogens (tertiary/aromatic N) is 2. The minimum atomic E-state index is -4.22. The molecule has 4 rings (SSSR count). The lowest BCUT2D eigenvalue weighted by Gasteiger charge is -2.32. The molecular formula is C29H30ClN3O5S. The maximum absolute atomic E-state index is 13.9. The monoisotopic (exact) mass is 567 g/mol. The molecule has 8 nitrogen and oxygen atoms in total. The number of carbonyl (C=O) groups excluding carboxylic acids is 3. The van der Waals surface area contributed by atoms with Crippen molar-refractivity contribution >= 4 is 39.3 Å². The van der Waals surface area contributed by atoms with Crippen LogP contribution in [0.2, 0.25) is 5.02 Å². The summed E-state index contributed by atoms with van der Waals surface area (Å²) in [6, 6.07) is 21.1. The van der Waals surface area contributed by atoms with E-state index in [1.165, 1.54) is 23.1 Å². The number of fused-ring (bicyclic) bond motifs is 1. The number of hydrogen-bond donors (Lipinski definition) is 1. The predicted molar refractivity (Wildman–Crippen MR) is 149 cm³/mol. The first-order chi connectivity index (χ1) is 18.7. The van der Waals surface area contributed by atoms with Crippen LogP contribution in [0, 0.1) is 0 Å². The molecule has 1 N–H and O–H groups in total. The summed E-state index contributed by atoms with van der Waals surface area (Å²) in [6.07, 6.45) is 1.83. The Morgan fingerprint density at radius 3 is 2.33 bits per heavy atom. The van der Waals surface area contributed by atoms with Gasteiger partial charge in [-0.1, -0.05) is 85.6 Å². The van der Waals surface area contributed by atoms with E-state index in [1.807, 2.05) is 37.3 Å². The number of nitrogens with one attached hydrogen (secondary N) is 1. The van der Waals surface area contributed by atoms with Gasteiger partial charge in [-0.2, -0.15) is 0 Å². The lowest BCUT2D eigenvalue weighted by atomic mass is 10.0. The molecule has 1 aliphatic heterocycles. The highest BCUT2D eigenvalue weighted by Gasteiger charge is 2.43. The maximum Gasteiger partial charge on any atom is 0.269 e. The van der Waals surface area contributed by atoms with Gasteiger partial charge in [-0.3, -0.25) is 14.4 Å². The molecule has 10 heteroatoms. The second-order valence-electron chi connectivity index (χ2n) is 9.28. The first-order valence-electron chi connectivity index (χ1n) is 12.7. The summed E-state index contributed by atoms with van der Waals surface area (Å²) in [5, 5.41) is 3.31. The Morgan fingerprint density at radius 2 is 1.64 bits per heavy atom. The summed E-state index contributed by atoms with van der Waals surface area (Å²) in [5.74, 6) is -1.83. The van der Waals surface area contributed by atoms with Gasteiger partial charge < -0.3 is 10.2 Å². The van der Waals surface area contributed by atoms with E-state index in [2.05, 4.69) is 5.32 Å². The number of amides is 3. The Labute approximate surface area is 233 Å². The van der Waals surface area contributed by atoms with Crippen LogP contribution < -0.4 is 5.32 Å². The van der Waals surface area contributed by atoms with E-state index < -0.39 is 34.4 Å². The van der Waals surface area contributed by atoms with Crippen LogP contribution >= 0.6 is 11.6 Å². The van der Waals surface area contributed by atoms with Crippen molar-refractivity contribution in [3.63, 3.8) is 0 Å². The molecule has 1 unspecified atom stereocenters. The van der Waals surface area contributed by atoms with Crippen LogP contribution in [0.1, 0.15) is 41.3 Å². The van der Waals surface area contributed by atoms with E-state index >= 15 is 0 Å². The molecule has 1 aliphatic rings. The summed E-state index contributed by atoms with van der Waals surface area (Å²) in [7, 11) is -4.22. The molecule has 1 atom stereocenters. The van der Waals surface area contributed by atoms with Gasteiger partial charge in [0.15, 0.2) is 0 Å². The standard InChI is InChI=1S/C29H30ClN3O5S/c1-2-3-17-31-28(35)25(18-21-11-5-4-6-12-21)32(19-22-13-7-9-15-24(22)30)27(34)20-33-29(36)23-14-8-10-16-26(23)39(33,37)38/h4-16,25H,2-3,17-20H2,1H3,(H,31,35). The zero-order valence-corrected chi connectivity index (χ0v) is 23.1. The number of sulfonamides is 1. The van der Waals surface area contributed by atoms with Crippen LogP contribution in [0.4, 0.5) is 0 Å². The molecule has 0 spiro atoms. The zero-order valence-electron chi connectivity index (χ0n) is 21.5.